The van der Waals surface area contributed by atoms with E-state index in [-0.39, 0.29) is 17.5 Å². The van der Waals surface area contributed by atoms with Gasteiger partial charge in [-0.2, -0.15) is 0 Å². The molecule has 1 atom stereocenters. The largest absolute Gasteiger partial charge is 0.315 e. The smallest absolute Gasteiger partial charge is 0.144 e. The van der Waals surface area contributed by atoms with Crippen LogP contribution in [0.4, 0.5) is 4.39 Å². The third-order valence-electron chi connectivity index (χ3n) is 2.39. The Morgan fingerprint density at radius 1 is 1.50 bits per heavy atom. The summed E-state index contributed by atoms with van der Waals surface area (Å²) in [7, 11) is 0. The first-order chi connectivity index (χ1) is 6.77. The maximum Gasteiger partial charge on any atom is 0.144 e. The van der Waals surface area contributed by atoms with Gasteiger partial charge in [-0.3, -0.25) is 9.78 Å². The molecule has 1 aliphatic heterocycles. The molecule has 14 heavy (non-hydrogen) atoms. The molecule has 0 aliphatic carbocycles. The number of nitrogens with one attached hydrogen (secondary N) is 1. The Balaban J connectivity index is 2.20. The Hall–Kier alpha value is -1.29. The number of aromatic nitrogens is 1. The van der Waals surface area contributed by atoms with Crippen molar-refractivity contribution in [3.8, 4) is 0 Å². The van der Waals surface area contributed by atoms with E-state index in [1.807, 2.05) is 0 Å². The van der Waals surface area contributed by atoms with Crippen molar-refractivity contribution in [1.82, 2.24) is 10.3 Å². The van der Waals surface area contributed by atoms with Crippen LogP contribution in [0.15, 0.2) is 18.3 Å². The van der Waals surface area contributed by atoms with Gasteiger partial charge in [-0.25, -0.2) is 4.39 Å². The van der Waals surface area contributed by atoms with E-state index in [4.69, 9.17) is 0 Å². The van der Waals surface area contributed by atoms with Crippen molar-refractivity contribution < 1.29 is 9.18 Å². The summed E-state index contributed by atoms with van der Waals surface area (Å²) in [4.78, 5) is 15.4. The van der Waals surface area contributed by atoms with Crippen LogP contribution in [0.5, 0.6) is 0 Å². The summed E-state index contributed by atoms with van der Waals surface area (Å²) in [6, 6.07) is 2.91. The number of piperidine rings is 1. The number of rotatable bonds is 1. The molecule has 2 heterocycles. The van der Waals surface area contributed by atoms with Gasteiger partial charge in [0.05, 0.1) is 17.8 Å². The van der Waals surface area contributed by atoms with E-state index in [1.165, 1.54) is 6.07 Å². The fourth-order valence-corrected chi connectivity index (χ4v) is 1.61. The first kappa shape index (κ1) is 9.27. The lowest BCUT2D eigenvalue weighted by Gasteiger charge is -2.20. The molecule has 1 aliphatic rings. The third-order valence-corrected chi connectivity index (χ3v) is 2.39. The van der Waals surface area contributed by atoms with Crippen molar-refractivity contribution >= 4 is 5.78 Å². The molecule has 1 N–H and O–H groups in total. The van der Waals surface area contributed by atoms with Gasteiger partial charge in [-0.15, -0.1) is 0 Å². The third kappa shape index (κ3) is 1.80. The number of nitrogens with zero attached hydrogens (tertiary/aromatic N) is 1. The van der Waals surface area contributed by atoms with Crippen LogP contribution in [-0.2, 0) is 4.79 Å². The van der Waals surface area contributed by atoms with Crippen LogP contribution in [-0.4, -0.2) is 23.9 Å². The van der Waals surface area contributed by atoms with Crippen molar-refractivity contribution in [2.75, 3.05) is 13.1 Å². The van der Waals surface area contributed by atoms with Gasteiger partial charge in [0, 0.05) is 19.5 Å². The van der Waals surface area contributed by atoms with E-state index in [1.54, 1.807) is 6.07 Å². The predicted molar refractivity (Wildman–Crippen MR) is 49.4 cm³/mol. The normalized spacial score (nSPS) is 22.4. The minimum Gasteiger partial charge on any atom is -0.315 e. The molecule has 0 saturated carbocycles. The highest BCUT2D eigenvalue weighted by atomic mass is 19.1. The molecule has 0 amide bonds. The second-order valence-corrected chi connectivity index (χ2v) is 3.37. The average molecular weight is 194 g/mol. The Bertz CT molecular complexity index is 336. The first-order valence-corrected chi connectivity index (χ1v) is 4.62. The number of hydrogen-bond acceptors (Lipinski definition) is 3. The summed E-state index contributed by atoms with van der Waals surface area (Å²) in [6.07, 6.45) is 1.68. The molecule has 2 rings (SSSR count). The highest BCUT2D eigenvalue weighted by Gasteiger charge is 2.24. The quantitative estimate of drug-likeness (QED) is 0.721. The molecular weight excluding hydrogens is 183 g/mol. The van der Waals surface area contributed by atoms with Gasteiger partial charge in [0.15, 0.2) is 0 Å². The van der Waals surface area contributed by atoms with Gasteiger partial charge in [0.25, 0.3) is 0 Å². The molecule has 4 heteroatoms. The number of Topliss-reactive ketones (excluding diaryl/α,β-unsaturated/α-hetero) is 1. The number of ketones is 1. The van der Waals surface area contributed by atoms with Gasteiger partial charge < -0.3 is 5.32 Å². The van der Waals surface area contributed by atoms with Gasteiger partial charge in [-0.1, -0.05) is 0 Å². The molecule has 74 valence electrons. The van der Waals surface area contributed by atoms with E-state index < -0.39 is 0 Å². The van der Waals surface area contributed by atoms with Crippen molar-refractivity contribution in [2.45, 2.75) is 12.3 Å². The van der Waals surface area contributed by atoms with Crippen molar-refractivity contribution in [3.63, 3.8) is 0 Å². The summed E-state index contributed by atoms with van der Waals surface area (Å²) in [5.41, 5.74) is 0.656. The van der Waals surface area contributed by atoms with Crippen LogP contribution >= 0.6 is 0 Å². The first-order valence-electron chi connectivity index (χ1n) is 4.62. The Morgan fingerprint density at radius 2 is 2.36 bits per heavy atom. The molecule has 1 saturated heterocycles. The second-order valence-electron chi connectivity index (χ2n) is 3.37. The van der Waals surface area contributed by atoms with Gasteiger partial charge in [0.2, 0.25) is 0 Å². The molecule has 0 aromatic carbocycles. The highest BCUT2D eigenvalue weighted by Crippen LogP contribution is 2.17. The Kier molecular flexibility index (Phi) is 2.54. The molecule has 1 fully saturated rings. The molecule has 0 spiro atoms. The lowest BCUT2D eigenvalue weighted by atomic mass is 9.94. The summed E-state index contributed by atoms with van der Waals surface area (Å²) in [5, 5.41) is 3.12. The van der Waals surface area contributed by atoms with Crippen LogP contribution in [0.2, 0.25) is 0 Å². The lowest BCUT2D eigenvalue weighted by molar-refractivity contribution is -0.121. The van der Waals surface area contributed by atoms with Gasteiger partial charge in [0.1, 0.15) is 11.6 Å². The monoisotopic (exact) mass is 194 g/mol. The van der Waals surface area contributed by atoms with Crippen molar-refractivity contribution in [2.24, 2.45) is 0 Å². The number of carbonyl (C=O) groups excluding carboxylic acids is 1. The number of halogens is 1. The van der Waals surface area contributed by atoms with Crippen LogP contribution in [0.1, 0.15) is 18.0 Å². The molecule has 1 aromatic rings. The predicted octanol–water partition coefficient (Wildman–Crippen LogP) is 0.867. The topological polar surface area (TPSA) is 42.0 Å². The fourth-order valence-electron chi connectivity index (χ4n) is 1.61. The van der Waals surface area contributed by atoms with Crippen LogP contribution in [0.25, 0.3) is 0 Å². The molecule has 1 unspecified atom stereocenters. The Morgan fingerprint density at radius 3 is 3.00 bits per heavy atom. The summed E-state index contributed by atoms with van der Waals surface area (Å²) in [5.74, 6) is -0.392. The van der Waals surface area contributed by atoms with Gasteiger partial charge in [-0.05, 0) is 12.1 Å². The van der Waals surface area contributed by atoms with E-state index >= 15 is 0 Å². The molecular formula is C10H11FN2O. The standard InChI is InChI=1S/C10H11FN2O/c11-7-1-2-9(13-5-7)8-6-12-4-3-10(8)14/h1-2,5,8,12H,3-4,6H2. The average Bonchev–Trinajstić information content (AvgIpc) is 2.20. The van der Waals surface area contributed by atoms with E-state index in [9.17, 15) is 9.18 Å². The SMILES string of the molecule is O=C1CCNCC1c1ccc(F)cn1. The molecule has 3 nitrogen and oxygen atoms in total. The minimum absolute atomic E-state index is 0.183. The zero-order valence-electron chi connectivity index (χ0n) is 7.66. The Labute approximate surface area is 81.3 Å². The summed E-state index contributed by atoms with van der Waals surface area (Å²) < 4.78 is 12.6. The van der Waals surface area contributed by atoms with E-state index in [0.717, 1.165) is 12.7 Å². The van der Waals surface area contributed by atoms with Crippen LogP contribution in [0.3, 0.4) is 0 Å². The summed E-state index contributed by atoms with van der Waals surface area (Å²) >= 11 is 0. The summed E-state index contributed by atoms with van der Waals surface area (Å²) in [6.45, 7) is 1.34. The van der Waals surface area contributed by atoms with E-state index in [0.29, 0.717) is 18.7 Å². The lowest BCUT2D eigenvalue weighted by Crippen LogP contribution is -2.35. The minimum atomic E-state index is -0.370. The maximum atomic E-state index is 12.6. The van der Waals surface area contributed by atoms with Gasteiger partial charge >= 0.3 is 0 Å². The number of pyridine rings is 1. The zero-order valence-corrected chi connectivity index (χ0v) is 7.66. The van der Waals surface area contributed by atoms with E-state index in [2.05, 4.69) is 10.3 Å². The molecule has 1 aromatic heterocycles. The van der Waals surface area contributed by atoms with Crippen molar-refractivity contribution in [1.29, 1.82) is 0 Å². The van der Waals surface area contributed by atoms with Crippen LogP contribution < -0.4 is 5.32 Å². The molecule has 0 radical (unpaired) electrons. The number of carbonyl (C=O) groups is 1. The fraction of sp³-hybridized carbons (Fsp3) is 0.400. The second kappa shape index (κ2) is 3.84. The molecule has 0 bridgehead atoms. The maximum absolute atomic E-state index is 12.6. The van der Waals surface area contributed by atoms with Crippen molar-refractivity contribution in [3.05, 3.63) is 29.8 Å². The zero-order chi connectivity index (χ0) is 9.97. The van der Waals surface area contributed by atoms with Crippen LogP contribution in [0, 0.1) is 5.82 Å². The highest BCUT2D eigenvalue weighted by molar-refractivity contribution is 5.86. The number of hydrogen-bond donors (Lipinski definition) is 1.